The lowest BCUT2D eigenvalue weighted by Gasteiger charge is -2.06. The van der Waals surface area contributed by atoms with Crippen molar-refractivity contribution in [1.29, 1.82) is 5.26 Å². The Hall–Kier alpha value is -2.24. The average Bonchev–Trinajstić information content (AvgIpc) is 2.74. The van der Waals surface area contributed by atoms with E-state index in [-0.39, 0.29) is 23.2 Å². The normalized spacial score (nSPS) is 11.3. The standard InChI is InChI=1S/C13H11F2N3O2S/c14-10-5-8(7-21(17,19)20)6-11(15)13(10)12-2-1-9(18-12)3-4-16/h1-2,5-6,18H,3,7H2,(H2,17,19,20). The van der Waals surface area contributed by atoms with Crippen LogP contribution in [-0.2, 0) is 22.2 Å². The molecule has 2 aromatic rings. The lowest BCUT2D eigenvalue weighted by molar-refractivity contribution is 0.584. The monoisotopic (exact) mass is 311 g/mol. The Morgan fingerprint density at radius 2 is 1.86 bits per heavy atom. The zero-order valence-electron chi connectivity index (χ0n) is 10.7. The van der Waals surface area contributed by atoms with Gasteiger partial charge in [-0.05, 0) is 29.8 Å². The Bertz CT molecular complexity index is 799. The van der Waals surface area contributed by atoms with Gasteiger partial charge in [0.2, 0.25) is 10.0 Å². The largest absolute Gasteiger partial charge is 0.357 e. The van der Waals surface area contributed by atoms with Crippen molar-refractivity contribution in [2.45, 2.75) is 12.2 Å². The molecule has 0 saturated carbocycles. The topological polar surface area (TPSA) is 99.7 Å². The Morgan fingerprint density at radius 3 is 2.38 bits per heavy atom. The molecule has 0 saturated heterocycles. The van der Waals surface area contributed by atoms with Gasteiger partial charge in [0.15, 0.2) is 0 Å². The summed E-state index contributed by atoms with van der Waals surface area (Å²) in [6.07, 6.45) is 0.0900. The Morgan fingerprint density at radius 1 is 1.24 bits per heavy atom. The predicted octanol–water partition coefficient (Wildman–Crippen LogP) is 1.81. The number of hydrogen-bond acceptors (Lipinski definition) is 3. The molecule has 110 valence electrons. The smallest absolute Gasteiger partial charge is 0.213 e. The second kappa shape index (κ2) is 5.63. The van der Waals surface area contributed by atoms with Gasteiger partial charge in [-0.15, -0.1) is 0 Å². The third kappa shape index (κ3) is 3.65. The molecule has 0 aliphatic heterocycles. The zero-order chi connectivity index (χ0) is 15.6. The number of halogens is 2. The maximum atomic E-state index is 14.0. The second-order valence-electron chi connectivity index (χ2n) is 4.47. The molecule has 0 amide bonds. The molecule has 0 aliphatic carbocycles. The van der Waals surface area contributed by atoms with E-state index in [0.717, 1.165) is 12.1 Å². The molecule has 8 heteroatoms. The number of aromatic nitrogens is 1. The molecule has 0 radical (unpaired) electrons. The lowest BCUT2D eigenvalue weighted by atomic mass is 10.1. The lowest BCUT2D eigenvalue weighted by Crippen LogP contribution is -2.14. The number of nitriles is 1. The van der Waals surface area contributed by atoms with Crippen LogP contribution in [0.2, 0.25) is 0 Å². The van der Waals surface area contributed by atoms with Gasteiger partial charge < -0.3 is 4.98 Å². The highest BCUT2D eigenvalue weighted by Crippen LogP contribution is 2.27. The van der Waals surface area contributed by atoms with Gasteiger partial charge in [0.25, 0.3) is 0 Å². The van der Waals surface area contributed by atoms with Gasteiger partial charge in [-0.3, -0.25) is 0 Å². The van der Waals surface area contributed by atoms with Crippen molar-refractivity contribution < 1.29 is 17.2 Å². The second-order valence-corrected chi connectivity index (χ2v) is 6.09. The molecular formula is C13H11F2N3O2S. The van der Waals surface area contributed by atoms with Crippen molar-refractivity contribution in [3.8, 4) is 17.3 Å². The van der Waals surface area contributed by atoms with Gasteiger partial charge in [0, 0.05) is 5.69 Å². The molecule has 0 aliphatic rings. The van der Waals surface area contributed by atoms with Gasteiger partial charge in [-0.2, -0.15) is 5.26 Å². The number of nitrogens with zero attached hydrogens (tertiary/aromatic N) is 1. The summed E-state index contributed by atoms with van der Waals surface area (Å²) in [4.78, 5) is 2.73. The quantitative estimate of drug-likeness (QED) is 0.900. The minimum absolute atomic E-state index is 0.0694. The predicted molar refractivity (Wildman–Crippen MR) is 72.3 cm³/mol. The number of sulfonamides is 1. The molecule has 0 unspecified atom stereocenters. The molecule has 0 bridgehead atoms. The van der Waals surface area contributed by atoms with E-state index < -0.39 is 27.4 Å². The highest BCUT2D eigenvalue weighted by atomic mass is 32.2. The number of hydrogen-bond donors (Lipinski definition) is 2. The zero-order valence-corrected chi connectivity index (χ0v) is 11.5. The summed E-state index contributed by atoms with van der Waals surface area (Å²) in [5.74, 6) is -2.45. The van der Waals surface area contributed by atoms with Crippen molar-refractivity contribution >= 4 is 10.0 Å². The van der Waals surface area contributed by atoms with Crippen LogP contribution >= 0.6 is 0 Å². The molecule has 1 aromatic carbocycles. The van der Waals surface area contributed by atoms with Crippen LogP contribution in [0.4, 0.5) is 8.78 Å². The summed E-state index contributed by atoms with van der Waals surface area (Å²) in [7, 11) is -3.87. The Labute approximate surface area is 120 Å². The summed E-state index contributed by atoms with van der Waals surface area (Å²) < 4.78 is 49.9. The molecule has 5 nitrogen and oxygen atoms in total. The van der Waals surface area contributed by atoms with E-state index in [0.29, 0.717) is 5.69 Å². The van der Waals surface area contributed by atoms with Crippen LogP contribution in [0.3, 0.4) is 0 Å². The van der Waals surface area contributed by atoms with Crippen LogP contribution in [0.1, 0.15) is 11.3 Å². The average molecular weight is 311 g/mol. The van der Waals surface area contributed by atoms with Crippen molar-refractivity contribution in [2.24, 2.45) is 5.14 Å². The SMILES string of the molecule is N#CCc1ccc(-c2c(F)cc(CS(N)(=O)=O)cc2F)[nH]1. The van der Waals surface area contributed by atoms with E-state index in [1.165, 1.54) is 6.07 Å². The first-order chi connectivity index (χ1) is 9.80. The van der Waals surface area contributed by atoms with Crippen molar-refractivity contribution in [3.05, 3.63) is 47.2 Å². The van der Waals surface area contributed by atoms with Crippen molar-refractivity contribution in [2.75, 3.05) is 0 Å². The molecule has 3 N–H and O–H groups in total. The first-order valence-corrected chi connectivity index (χ1v) is 7.55. The fraction of sp³-hybridized carbons (Fsp3) is 0.154. The van der Waals surface area contributed by atoms with E-state index in [2.05, 4.69) is 4.98 Å². The fourth-order valence-corrected chi connectivity index (χ4v) is 2.60. The Balaban J connectivity index is 2.43. The molecular weight excluding hydrogens is 300 g/mol. The molecule has 2 rings (SSSR count). The van der Waals surface area contributed by atoms with Gasteiger partial charge in [-0.25, -0.2) is 22.3 Å². The van der Waals surface area contributed by atoms with Crippen molar-refractivity contribution in [3.63, 3.8) is 0 Å². The highest BCUT2D eigenvalue weighted by molar-refractivity contribution is 7.88. The van der Waals surface area contributed by atoms with E-state index in [1.807, 2.05) is 6.07 Å². The minimum atomic E-state index is -3.87. The number of nitrogens with one attached hydrogen (secondary N) is 1. The van der Waals surface area contributed by atoms with Crippen LogP contribution in [0.25, 0.3) is 11.3 Å². The van der Waals surface area contributed by atoms with Crippen LogP contribution < -0.4 is 5.14 Å². The third-order valence-corrected chi connectivity index (χ3v) is 3.49. The number of primary sulfonamides is 1. The van der Waals surface area contributed by atoms with E-state index >= 15 is 0 Å². The van der Waals surface area contributed by atoms with Gasteiger partial charge in [0.1, 0.15) is 11.6 Å². The van der Waals surface area contributed by atoms with E-state index in [9.17, 15) is 17.2 Å². The summed E-state index contributed by atoms with van der Waals surface area (Å²) in [5.41, 5.74) is 0.328. The Kier molecular flexibility index (Phi) is 4.06. The first-order valence-electron chi connectivity index (χ1n) is 5.84. The maximum absolute atomic E-state index is 14.0. The van der Waals surface area contributed by atoms with Gasteiger partial charge in [0.05, 0.1) is 29.5 Å². The molecule has 0 fully saturated rings. The summed E-state index contributed by atoms with van der Waals surface area (Å²) in [6, 6.07) is 6.77. The number of H-pyrrole nitrogens is 1. The fourth-order valence-electron chi connectivity index (χ4n) is 1.97. The number of rotatable bonds is 4. The summed E-state index contributed by atoms with van der Waals surface area (Å²) >= 11 is 0. The molecule has 21 heavy (non-hydrogen) atoms. The van der Waals surface area contributed by atoms with Gasteiger partial charge >= 0.3 is 0 Å². The van der Waals surface area contributed by atoms with Crippen LogP contribution in [0.5, 0.6) is 0 Å². The van der Waals surface area contributed by atoms with Crippen LogP contribution in [0, 0.1) is 23.0 Å². The number of benzene rings is 1. The molecule has 0 spiro atoms. The first kappa shape index (κ1) is 15.2. The molecule has 1 heterocycles. The summed E-state index contributed by atoms with van der Waals surface area (Å²) in [6.45, 7) is 0. The van der Waals surface area contributed by atoms with Crippen LogP contribution in [0.15, 0.2) is 24.3 Å². The van der Waals surface area contributed by atoms with E-state index in [4.69, 9.17) is 10.4 Å². The minimum Gasteiger partial charge on any atom is -0.357 e. The number of aromatic amines is 1. The molecule has 0 atom stereocenters. The van der Waals surface area contributed by atoms with Crippen molar-refractivity contribution in [1.82, 2.24) is 4.98 Å². The van der Waals surface area contributed by atoms with Crippen LogP contribution in [-0.4, -0.2) is 13.4 Å². The maximum Gasteiger partial charge on any atom is 0.213 e. The van der Waals surface area contributed by atoms with Gasteiger partial charge in [-0.1, -0.05) is 0 Å². The summed E-state index contributed by atoms with van der Waals surface area (Å²) in [5, 5.41) is 13.4. The van der Waals surface area contributed by atoms with E-state index in [1.54, 1.807) is 6.07 Å². The number of nitrogens with two attached hydrogens (primary N) is 1. The highest BCUT2D eigenvalue weighted by Gasteiger charge is 2.16. The third-order valence-electron chi connectivity index (χ3n) is 2.76. The molecule has 1 aromatic heterocycles.